The van der Waals surface area contributed by atoms with Gasteiger partial charge in [-0.15, -0.1) is 0 Å². The molecule has 0 bridgehead atoms. The summed E-state index contributed by atoms with van der Waals surface area (Å²) in [6.07, 6.45) is 3.30. The number of piperazine rings is 1. The number of nitrogens with one attached hydrogen (secondary N) is 2. The molecule has 3 aliphatic rings. The first-order valence-electron chi connectivity index (χ1n) is 14.1. The number of rotatable bonds is 5. The first-order valence-corrected chi connectivity index (χ1v) is 14.1. The van der Waals surface area contributed by atoms with E-state index in [4.69, 9.17) is 10.5 Å². The summed E-state index contributed by atoms with van der Waals surface area (Å²) in [6, 6.07) is 8.18. The van der Waals surface area contributed by atoms with E-state index in [1.165, 1.54) is 6.07 Å². The molecule has 4 N–H and O–H groups in total. The van der Waals surface area contributed by atoms with Crippen molar-refractivity contribution in [1.29, 1.82) is 0 Å². The summed E-state index contributed by atoms with van der Waals surface area (Å²) in [7, 11) is 0. The van der Waals surface area contributed by atoms with Gasteiger partial charge in [-0.3, -0.25) is 9.59 Å². The van der Waals surface area contributed by atoms with Gasteiger partial charge in [-0.25, -0.2) is 13.6 Å². The van der Waals surface area contributed by atoms with Crippen LogP contribution in [0.2, 0.25) is 0 Å². The Morgan fingerprint density at radius 2 is 1.41 bits per heavy atom. The Labute approximate surface area is 237 Å². The van der Waals surface area contributed by atoms with E-state index in [0.29, 0.717) is 69.4 Å². The summed E-state index contributed by atoms with van der Waals surface area (Å²) in [5, 5.41) is 5.85. The standard InChI is InChI=1S/C29H36F2N6O4/c30-23-7-1-19(17-24(23)31)28(39)34-25-18-20(27(38)33-22-5-3-21(32)4-6-22)2-8-26(25)35-9-11-36(12-10-35)29(40)37-13-15-41-16-14-37/h1-2,7-8,17-18,21-22H,3-6,9-16,32H2,(H,33,38)(H,34,39). The average Bonchev–Trinajstić information content (AvgIpc) is 3.00. The molecule has 2 aliphatic heterocycles. The lowest BCUT2D eigenvalue weighted by Gasteiger charge is -2.39. The zero-order valence-corrected chi connectivity index (χ0v) is 22.9. The normalized spacial score (nSPS) is 21.4. The second-order valence-electron chi connectivity index (χ2n) is 10.8. The first kappa shape index (κ1) is 28.7. The van der Waals surface area contributed by atoms with Crippen molar-refractivity contribution in [3.8, 4) is 0 Å². The van der Waals surface area contributed by atoms with E-state index in [1.54, 1.807) is 28.0 Å². The van der Waals surface area contributed by atoms with Gasteiger partial charge in [0.05, 0.1) is 24.6 Å². The average molecular weight is 571 g/mol. The van der Waals surface area contributed by atoms with Gasteiger partial charge in [0.2, 0.25) is 0 Å². The Morgan fingerprint density at radius 1 is 0.780 bits per heavy atom. The van der Waals surface area contributed by atoms with Gasteiger partial charge in [0.1, 0.15) is 0 Å². The number of carbonyl (C=O) groups is 3. The minimum atomic E-state index is -1.13. The second-order valence-corrected chi connectivity index (χ2v) is 10.8. The molecule has 2 heterocycles. The van der Waals surface area contributed by atoms with Gasteiger partial charge in [0.25, 0.3) is 11.8 Å². The van der Waals surface area contributed by atoms with Gasteiger partial charge in [-0.05, 0) is 62.1 Å². The van der Waals surface area contributed by atoms with E-state index in [9.17, 15) is 23.2 Å². The smallest absolute Gasteiger partial charge is 0.320 e. The summed E-state index contributed by atoms with van der Waals surface area (Å²) in [5.41, 5.74) is 7.34. The van der Waals surface area contributed by atoms with Crippen LogP contribution in [0.5, 0.6) is 0 Å². The predicted octanol–water partition coefficient (Wildman–Crippen LogP) is 2.79. The number of nitrogens with two attached hydrogens (primary N) is 1. The molecule has 2 saturated heterocycles. The Bertz CT molecular complexity index is 1270. The topological polar surface area (TPSA) is 120 Å². The second kappa shape index (κ2) is 12.8. The molecule has 0 radical (unpaired) electrons. The molecule has 2 aromatic rings. The van der Waals surface area contributed by atoms with Crippen LogP contribution < -0.4 is 21.3 Å². The van der Waals surface area contributed by atoms with Crippen LogP contribution in [0.15, 0.2) is 36.4 Å². The van der Waals surface area contributed by atoms with E-state index in [1.807, 2.05) is 4.90 Å². The highest BCUT2D eigenvalue weighted by Crippen LogP contribution is 2.30. The molecule has 0 atom stereocenters. The molecular weight excluding hydrogens is 534 g/mol. The monoisotopic (exact) mass is 570 g/mol. The predicted molar refractivity (Wildman–Crippen MR) is 150 cm³/mol. The molecule has 0 aromatic heterocycles. The van der Waals surface area contributed by atoms with Gasteiger partial charge >= 0.3 is 6.03 Å². The lowest BCUT2D eigenvalue weighted by molar-refractivity contribution is 0.0428. The molecule has 1 saturated carbocycles. The lowest BCUT2D eigenvalue weighted by Crippen LogP contribution is -2.54. The Kier molecular flexibility index (Phi) is 8.99. The number of benzene rings is 2. The fourth-order valence-electron chi connectivity index (χ4n) is 5.51. The third-order valence-corrected chi connectivity index (χ3v) is 7.97. The number of nitrogens with zero attached hydrogens (tertiary/aromatic N) is 3. The zero-order chi connectivity index (χ0) is 28.9. The number of hydrogen-bond acceptors (Lipinski definition) is 6. The number of morpholine rings is 1. The lowest BCUT2D eigenvalue weighted by atomic mass is 9.91. The van der Waals surface area contributed by atoms with Crippen LogP contribution in [-0.2, 0) is 4.74 Å². The minimum absolute atomic E-state index is 0.0181. The molecule has 1 aliphatic carbocycles. The number of carbonyl (C=O) groups excluding carboxylic acids is 3. The molecule has 3 fully saturated rings. The van der Waals surface area contributed by atoms with E-state index in [0.717, 1.165) is 37.8 Å². The fourth-order valence-corrected chi connectivity index (χ4v) is 5.51. The van der Waals surface area contributed by atoms with Gasteiger partial charge in [-0.2, -0.15) is 0 Å². The highest BCUT2D eigenvalue weighted by atomic mass is 19.2. The summed E-state index contributed by atoms with van der Waals surface area (Å²) in [4.78, 5) is 44.7. The fraction of sp³-hybridized carbons (Fsp3) is 0.483. The van der Waals surface area contributed by atoms with Crippen LogP contribution in [0.1, 0.15) is 46.4 Å². The number of halogens is 2. The van der Waals surface area contributed by atoms with E-state index in [2.05, 4.69) is 10.6 Å². The SMILES string of the molecule is NC1CCC(NC(=O)c2ccc(N3CCN(C(=O)N4CCOCC4)CC3)c(NC(=O)c3ccc(F)c(F)c3)c2)CC1. The van der Waals surface area contributed by atoms with E-state index < -0.39 is 17.5 Å². The summed E-state index contributed by atoms with van der Waals surface area (Å²) >= 11 is 0. The van der Waals surface area contributed by atoms with Gasteiger partial charge in [0, 0.05) is 62.5 Å². The Hall–Kier alpha value is -3.77. The molecule has 0 spiro atoms. The van der Waals surface area contributed by atoms with Crippen molar-refractivity contribution < 1.29 is 27.9 Å². The molecule has 220 valence electrons. The van der Waals surface area contributed by atoms with Gasteiger partial charge in [0.15, 0.2) is 11.6 Å². The maximum atomic E-state index is 13.8. The van der Waals surface area contributed by atoms with Crippen molar-refractivity contribution in [3.63, 3.8) is 0 Å². The number of ether oxygens (including phenoxy) is 1. The Morgan fingerprint density at radius 3 is 2.10 bits per heavy atom. The molecule has 0 unspecified atom stereocenters. The van der Waals surface area contributed by atoms with Crippen molar-refractivity contribution in [2.75, 3.05) is 62.7 Å². The van der Waals surface area contributed by atoms with Crippen LogP contribution in [0.25, 0.3) is 0 Å². The Balaban J connectivity index is 1.33. The van der Waals surface area contributed by atoms with E-state index in [-0.39, 0.29) is 29.6 Å². The maximum absolute atomic E-state index is 13.8. The van der Waals surface area contributed by atoms with Crippen LogP contribution in [0.3, 0.4) is 0 Å². The number of hydrogen-bond donors (Lipinski definition) is 3. The third kappa shape index (κ3) is 6.94. The van der Waals surface area contributed by atoms with Crippen molar-refractivity contribution in [1.82, 2.24) is 15.1 Å². The van der Waals surface area contributed by atoms with Gasteiger partial charge < -0.3 is 35.8 Å². The first-order chi connectivity index (χ1) is 19.8. The van der Waals surface area contributed by atoms with Crippen molar-refractivity contribution in [2.45, 2.75) is 37.8 Å². The highest BCUT2D eigenvalue weighted by molar-refractivity contribution is 6.07. The van der Waals surface area contributed by atoms with Crippen molar-refractivity contribution in [3.05, 3.63) is 59.2 Å². The van der Waals surface area contributed by atoms with Gasteiger partial charge in [-0.1, -0.05) is 0 Å². The maximum Gasteiger partial charge on any atom is 0.320 e. The molecule has 4 amide bonds. The summed E-state index contributed by atoms with van der Waals surface area (Å²) < 4.78 is 32.6. The van der Waals surface area contributed by atoms with Crippen LogP contribution in [0, 0.1) is 11.6 Å². The highest BCUT2D eigenvalue weighted by Gasteiger charge is 2.28. The molecular formula is C29H36F2N6O4. The zero-order valence-electron chi connectivity index (χ0n) is 22.9. The molecule has 10 nitrogen and oxygen atoms in total. The van der Waals surface area contributed by atoms with Crippen molar-refractivity contribution >= 4 is 29.2 Å². The molecule has 2 aromatic carbocycles. The summed E-state index contributed by atoms with van der Waals surface area (Å²) in [6.45, 7) is 4.18. The van der Waals surface area contributed by atoms with E-state index >= 15 is 0 Å². The number of anilines is 2. The largest absolute Gasteiger partial charge is 0.378 e. The van der Waals surface area contributed by atoms with Crippen molar-refractivity contribution in [2.24, 2.45) is 5.73 Å². The molecule has 12 heteroatoms. The van der Waals surface area contributed by atoms with Crippen LogP contribution in [-0.4, -0.2) is 92.2 Å². The summed E-state index contributed by atoms with van der Waals surface area (Å²) in [5.74, 6) is -3.07. The number of amides is 4. The third-order valence-electron chi connectivity index (χ3n) is 7.97. The minimum Gasteiger partial charge on any atom is -0.378 e. The quantitative estimate of drug-likeness (QED) is 0.509. The molecule has 41 heavy (non-hydrogen) atoms. The van der Waals surface area contributed by atoms with Crippen LogP contribution >= 0.6 is 0 Å². The number of urea groups is 1. The van der Waals surface area contributed by atoms with Crippen LogP contribution in [0.4, 0.5) is 25.0 Å². The molecule has 5 rings (SSSR count).